The number of aliphatic imine (C=N–C) groups is 1. The van der Waals surface area contributed by atoms with Crippen molar-refractivity contribution < 1.29 is 54.5 Å². The normalized spacial score (nSPS) is 13.0. The molecular formula is C12H18NNaO5. The van der Waals surface area contributed by atoms with E-state index in [4.69, 9.17) is 10.2 Å². The van der Waals surface area contributed by atoms with Crippen molar-refractivity contribution in [3.05, 3.63) is 12.2 Å². The molecule has 2 N–H and O–H groups in total. The maximum absolute atomic E-state index is 11.4. The summed E-state index contributed by atoms with van der Waals surface area (Å²) in [5.41, 5.74) is 0. The molecular weight excluding hydrogens is 261 g/mol. The summed E-state index contributed by atoms with van der Waals surface area (Å²) in [4.78, 5) is 24.6. The first-order valence-electron chi connectivity index (χ1n) is 5.80. The van der Waals surface area contributed by atoms with E-state index in [2.05, 4.69) is 4.99 Å². The van der Waals surface area contributed by atoms with Gasteiger partial charge in [0.15, 0.2) is 0 Å². The van der Waals surface area contributed by atoms with Crippen LogP contribution in [0.5, 0.6) is 0 Å². The molecule has 0 amide bonds. The van der Waals surface area contributed by atoms with E-state index in [1.54, 1.807) is 0 Å². The van der Waals surface area contributed by atoms with Crippen LogP contribution in [0.4, 0.5) is 0 Å². The second-order valence-electron chi connectivity index (χ2n) is 3.73. The third-order valence-corrected chi connectivity index (χ3v) is 2.14. The van der Waals surface area contributed by atoms with Gasteiger partial charge in [0, 0.05) is 6.42 Å². The van der Waals surface area contributed by atoms with Gasteiger partial charge in [0.25, 0.3) is 0 Å². The molecule has 0 aromatic rings. The zero-order valence-electron chi connectivity index (χ0n) is 11.3. The molecule has 0 fully saturated rings. The molecule has 0 rings (SSSR count). The molecule has 0 aromatic heterocycles. The summed E-state index contributed by atoms with van der Waals surface area (Å²) >= 11 is 0. The van der Waals surface area contributed by atoms with Crippen molar-refractivity contribution in [3.8, 4) is 0 Å². The molecule has 1 atom stereocenters. The van der Waals surface area contributed by atoms with Crippen molar-refractivity contribution in [2.45, 2.75) is 45.1 Å². The van der Waals surface area contributed by atoms with E-state index in [0.29, 0.717) is 6.42 Å². The molecule has 0 bridgehead atoms. The van der Waals surface area contributed by atoms with Gasteiger partial charge >= 0.3 is 41.5 Å². The molecule has 0 radical (unpaired) electrons. The average molecular weight is 279 g/mol. The Morgan fingerprint density at radius 1 is 1.26 bits per heavy atom. The summed E-state index contributed by atoms with van der Waals surface area (Å²) in [6, 6.07) is -1.26. The summed E-state index contributed by atoms with van der Waals surface area (Å²) in [5.74, 6) is -2.88. The van der Waals surface area contributed by atoms with Gasteiger partial charge in [-0.05, 0) is 31.6 Å². The van der Waals surface area contributed by atoms with Gasteiger partial charge in [0.05, 0.1) is 0 Å². The third-order valence-electron chi connectivity index (χ3n) is 2.14. The number of carboxylic acid groups (broad SMARTS) is 2. The second-order valence-corrected chi connectivity index (χ2v) is 3.73. The van der Waals surface area contributed by atoms with Crippen LogP contribution in [0.25, 0.3) is 0 Å². The fourth-order valence-corrected chi connectivity index (χ4v) is 1.23. The van der Waals surface area contributed by atoms with Gasteiger partial charge in [0.2, 0.25) is 0 Å². The molecule has 0 aliphatic heterocycles. The smallest absolute Gasteiger partial charge is 0.862 e. The van der Waals surface area contributed by atoms with E-state index >= 15 is 0 Å². The molecule has 7 heteroatoms. The van der Waals surface area contributed by atoms with Crippen LogP contribution in [-0.4, -0.2) is 34.1 Å². The largest absolute Gasteiger partial charge is 1.00 e. The molecule has 19 heavy (non-hydrogen) atoms. The van der Waals surface area contributed by atoms with Crippen LogP contribution in [0, 0.1) is 0 Å². The number of carbonyl (C=O) groups is 2. The van der Waals surface area contributed by atoms with Gasteiger partial charge in [-0.25, -0.2) is 4.79 Å². The minimum absolute atomic E-state index is 0. The zero-order valence-corrected chi connectivity index (χ0v) is 13.3. The first-order valence-corrected chi connectivity index (χ1v) is 5.80. The molecule has 0 spiro atoms. The molecule has 0 aromatic carbocycles. The molecule has 102 valence electrons. The fraction of sp³-hybridized carbons (Fsp3) is 0.583. The van der Waals surface area contributed by atoms with E-state index in [-0.39, 0.29) is 48.8 Å². The number of carboxylic acids is 2. The standard InChI is InChI=1S/C12H19NO5.Na/c1-2-3-4-5-6-10(14)13-9(12(17)18)7-8-11(15)16;/h3-4,9H,2,5-8H2,1H3,(H,13,14)(H,15,16)(H,17,18);/q;+1/p-1/b4-3+;/t9-;/m0./s1. The number of allylic oxidation sites excluding steroid dienone is 2. The van der Waals surface area contributed by atoms with Crippen molar-refractivity contribution in [2.24, 2.45) is 4.99 Å². The van der Waals surface area contributed by atoms with Gasteiger partial charge in [-0.3, -0.25) is 9.79 Å². The molecule has 0 saturated carbocycles. The number of aliphatic carboxylic acids is 2. The Morgan fingerprint density at radius 3 is 2.37 bits per heavy atom. The Balaban J connectivity index is 0. The number of nitrogens with zero attached hydrogens (tertiary/aromatic N) is 1. The minimum Gasteiger partial charge on any atom is -0.862 e. The maximum Gasteiger partial charge on any atom is 1.00 e. The predicted molar refractivity (Wildman–Crippen MR) is 64.4 cm³/mol. The first-order chi connectivity index (χ1) is 8.47. The van der Waals surface area contributed by atoms with E-state index < -0.39 is 23.9 Å². The molecule has 6 nitrogen and oxygen atoms in total. The summed E-state index contributed by atoms with van der Waals surface area (Å²) in [7, 11) is 0. The Labute approximate surface area is 134 Å². The van der Waals surface area contributed by atoms with Crippen LogP contribution in [0.1, 0.15) is 39.0 Å². The van der Waals surface area contributed by atoms with Crippen molar-refractivity contribution in [1.29, 1.82) is 0 Å². The van der Waals surface area contributed by atoms with E-state index in [1.807, 2.05) is 19.1 Å². The third kappa shape index (κ3) is 11.9. The Kier molecular flexibility index (Phi) is 13.1. The van der Waals surface area contributed by atoms with E-state index in [0.717, 1.165) is 6.42 Å². The maximum atomic E-state index is 11.4. The van der Waals surface area contributed by atoms with E-state index in [9.17, 15) is 14.7 Å². The predicted octanol–water partition coefficient (Wildman–Crippen LogP) is -2.19. The number of hydrogen-bond acceptors (Lipinski definition) is 4. The molecule has 0 saturated heterocycles. The van der Waals surface area contributed by atoms with E-state index in [1.165, 1.54) is 0 Å². The van der Waals surface area contributed by atoms with Crippen LogP contribution in [-0.2, 0) is 9.59 Å². The monoisotopic (exact) mass is 279 g/mol. The van der Waals surface area contributed by atoms with Crippen LogP contribution < -0.4 is 34.7 Å². The minimum atomic E-state index is -1.27. The van der Waals surface area contributed by atoms with Gasteiger partial charge < -0.3 is 15.3 Å². The average Bonchev–Trinajstić information content (AvgIpc) is 2.29. The topological polar surface area (TPSA) is 110 Å². The SMILES string of the molecule is CC/C=C/CCC([O-])=N[C@@H](CCC(=O)O)C(=O)O.[Na+]. The van der Waals surface area contributed by atoms with Gasteiger partial charge in [-0.1, -0.05) is 19.1 Å². The van der Waals surface area contributed by atoms with Gasteiger partial charge in [-0.15, -0.1) is 0 Å². The zero-order chi connectivity index (χ0) is 14.0. The first kappa shape index (κ1) is 20.5. The Hall–Kier alpha value is -0.850. The second kappa shape index (κ2) is 12.2. The molecule has 0 heterocycles. The number of rotatable bonds is 9. The van der Waals surface area contributed by atoms with Crippen molar-refractivity contribution >= 4 is 17.8 Å². The summed E-state index contributed by atoms with van der Waals surface area (Å²) in [6.45, 7) is 1.97. The van der Waals surface area contributed by atoms with Crippen LogP contribution in [0.2, 0.25) is 0 Å². The van der Waals surface area contributed by atoms with Crippen LogP contribution >= 0.6 is 0 Å². The van der Waals surface area contributed by atoms with Crippen LogP contribution in [0.3, 0.4) is 0 Å². The Bertz CT molecular complexity index is 341. The van der Waals surface area contributed by atoms with Crippen molar-refractivity contribution in [2.75, 3.05) is 0 Å². The fourth-order valence-electron chi connectivity index (χ4n) is 1.23. The summed E-state index contributed by atoms with van der Waals surface area (Å²) in [6.07, 6.45) is 4.80. The Morgan fingerprint density at radius 2 is 1.89 bits per heavy atom. The van der Waals surface area contributed by atoms with Crippen LogP contribution in [0.15, 0.2) is 17.1 Å². The summed E-state index contributed by atoms with van der Waals surface area (Å²) in [5, 5.41) is 28.6. The van der Waals surface area contributed by atoms with Crippen molar-refractivity contribution in [1.82, 2.24) is 0 Å². The molecule has 0 aliphatic rings. The van der Waals surface area contributed by atoms with Crippen molar-refractivity contribution in [3.63, 3.8) is 0 Å². The molecule has 0 aliphatic carbocycles. The summed E-state index contributed by atoms with van der Waals surface area (Å²) < 4.78 is 0. The van der Waals surface area contributed by atoms with Gasteiger partial charge in [-0.2, -0.15) is 0 Å². The molecule has 0 unspecified atom stereocenters. The quantitative estimate of drug-likeness (QED) is 0.216. The number of hydrogen-bond donors (Lipinski definition) is 2. The van der Waals surface area contributed by atoms with Gasteiger partial charge in [0.1, 0.15) is 6.04 Å².